The van der Waals surface area contributed by atoms with E-state index in [-0.39, 0.29) is 18.4 Å². The summed E-state index contributed by atoms with van der Waals surface area (Å²) in [6.07, 6.45) is 5.64. The van der Waals surface area contributed by atoms with Crippen LogP contribution in [-0.4, -0.2) is 19.1 Å². The lowest BCUT2D eigenvalue weighted by Gasteiger charge is -2.05. The van der Waals surface area contributed by atoms with Crippen molar-refractivity contribution in [1.82, 2.24) is 10.6 Å². The minimum atomic E-state index is -0.292. The second-order valence-corrected chi connectivity index (χ2v) is 3.19. The van der Waals surface area contributed by atoms with Gasteiger partial charge in [0.15, 0.2) is 0 Å². The Morgan fingerprint density at radius 3 is 2.62 bits per heavy atom. The first-order chi connectivity index (χ1) is 7.72. The summed E-state index contributed by atoms with van der Waals surface area (Å²) in [5.41, 5.74) is 0.971. The number of rotatable bonds is 4. The molecule has 0 spiro atoms. The molecular weight excluding hydrogens is 207 g/mol. The third-order valence-corrected chi connectivity index (χ3v) is 1.96. The molecule has 3 nitrogen and oxygen atoms in total. The molecule has 4 heteroatoms. The third kappa shape index (κ3) is 4.47. The van der Waals surface area contributed by atoms with Crippen molar-refractivity contribution >= 4 is 6.03 Å². The van der Waals surface area contributed by atoms with E-state index < -0.39 is 0 Å². The molecule has 0 unspecified atom stereocenters. The van der Waals surface area contributed by atoms with Gasteiger partial charge in [0.05, 0.1) is 6.54 Å². The van der Waals surface area contributed by atoms with Gasteiger partial charge in [0.25, 0.3) is 0 Å². The quantitative estimate of drug-likeness (QED) is 0.738. The van der Waals surface area contributed by atoms with Crippen LogP contribution in [0.25, 0.3) is 0 Å². The van der Waals surface area contributed by atoms with Crippen LogP contribution < -0.4 is 10.6 Å². The van der Waals surface area contributed by atoms with E-state index in [0.717, 1.165) is 5.56 Å². The Morgan fingerprint density at radius 2 is 2.00 bits per heavy atom. The lowest BCUT2D eigenvalue weighted by molar-refractivity contribution is 0.242. The predicted molar refractivity (Wildman–Crippen MR) is 60.3 cm³/mol. The van der Waals surface area contributed by atoms with Crippen molar-refractivity contribution in [2.45, 2.75) is 6.42 Å². The maximum atomic E-state index is 12.6. The monoisotopic (exact) mass is 220 g/mol. The van der Waals surface area contributed by atoms with Crippen molar-refractivity contribution in [1.29, 1.82) is 0 Å². The summed E-state index contributed by atoms with van der Waals surface area (Å²) >= 11 is 0. The average molecular weight is 220 g/mol. The fourth-order valence-electron chi connectivity index (χ4n) is 1.17. The molecular formula is C12H13FN2O. The summed E-state index contributed by atoms with van der Waals surface area (Å²) in [4.78, 5) is 11.1. The molecule has 16 heavy (non-hydrogen) atoms. The number of urea groups is 1. The second-order valence-electron chi connectivity index (χ2n) is 3.19. The first kappa shape index (κ1) is 12.1. The molecule has 0 aliphatic heterocycles. The SMILES string of the molecule is C#CCNC(=O)NCCc1ccc(F)cc1. The van der Waals surface area contributed by atoms with E-state index >= 15 is 0 Å². The molecule has 0 saturated heterocycles. The van der Waals surface area contributed by atoms with Crippen LogP contribution in [0.4, 0.5) is 9.18 Å². The Bertz CT molecular complexity index is 381. The number of carbonyl (C=O) groups excluding carboxylic acids is 1. The van der Waals surface area contributed by atoms with Crippen molar-refractivity contribution in [2.24, 2.45) is 0 Å². The largest absolute Gasteiger partial charge is 0.338 e. The van der Waals surface area contributed by atoms with Gasteiger partial charge < -0.3 is 10.6 Å². The fourth-order valence-corrected chi connectivity index (χ4v) is 1.17. The Balaban J connectivity index is 2.23. The Labute approximate surface area is 94.0 Å². The highest BCUT2D eigenvalue weighted by Gasteiger charge is 1.98. The van der Waals surface area contributed by atoms with Gasteiger partial charge in [0.2, 0.25) is 0 Å². The molecule has 84 valence electrons. The second kappa shape index (κ2) is 6.46. The fraction of sp³-hybridized carbons (Fsp3) is 0.250. The minimum Gasteiger partial charge on any atom is -0.338 e. The van der Waals surface area contributed by atoms with Gasteiger partial charge in [0, 0.05) is 6.54 Å². The standard InChI is InChI=1S/C12H13FN2O/c1-2-8-14-12(16)15-9-7-10-3-5-11(13)6-4-10/h1,3-6H,7-9H2,(H2,14,15,16). The molecule has 0 aliphatic carbocycles. The molecule has 0 atom stereocenters. The Hall–Kier alpha value is -2.02. The molecule has 2 N–H and O–H groups in total. The number of hydrogen-bond acceptors (Lipinski definition) is 1. The van der Waals surface area contributed by atoms with Gasteiger partial charge in [-0.05, 0) is 24.1 Å². The first-order valence-corrected chi connectivity index (χ1v) is 4.92. The van der Waals surface area contributed by atoms with Crippen molar-refractivity contribution in [2.75, 3.05) is 13.1 Å². The van der Waals surface area contributed by atoms with Gasteiger partial charge in [-0.25, -0.2) is 9.18 Å². The lowest BCUT2D eigenvalue weighted by Crippen LogP contribution is -2.36. The van der Waals surface area contributed by atoms with E-state index in [1.807, 2.05) is 0 Å². The average Bonchev–Trinajstić information content (AvgIpc) is 2.29. The molecule has 0 aliphatic rings. The number of hydrogen-bond donors (Lipinski definition) is 2. The molecule has 1 rings (SSSR count). The zero-order valence-corrected chi connectivity index (χ0v) is 8.79. The first-order valence-electron chi connectivity index (χ1n) is 4.92. The van der Waals surface area contributed by atoms with Gasteiger partial charge in [-0.15, -0.1) is 6.42 Å². The number of benzene rings is 1. The minimum absolute atomic E-state index is 0.211. The molecule has 0 aromatic heterocycles. The summed E-state index contributed by atoms with van der Waals surface area (Å²) in [6, 6.07) is 5.88. The van der Waals surface area contributed by atoms with Crippen molar-refractivity contribution in [3.05, 3.63) is 35.6 Å². The van der Waals surface area contributed by atoms with E-state index in [0.29, 0.717) is 13.0 Å². The third-order valence-electron chi connectivity index (χ3n) is 1.96. The van der Waals surface area contributed by atoms with Crippen LogP contribution in [0.5, 0.6) is 0 Å². The van der Waals surface area contributed by atoms with Crippen molar-refractivity contribution in [3.8, 4) is 12.3 Å². The smallest absolute Gasteiger partial charge is 0.315 e. The number of halogens is 1. The summed E-state index contributed by atoms with van der Waals surface area (Å²) in [7, 11) is 0. The molecule has 0 fully saturated rings. The molecule has 2 amide bonds. The van der Waals surface area contributed by atoms with Crippen LogP contribution in [0.2, 0.25) is 0 Å². The van der Waals surface area contributed by atoms with Crippen LogP contribution >= 0.6 is 0 Å². The van der Waals surface area contributed by atoms with E-state index in [1.54, 1.807) is 12.1 Å². The zero-order valence-electron chi connectivity index (χ0n) is 8.79. The Morgan fingerprint density at radius 1 is 1.31 bits per heavy atom. The molecule has 1 aromatic rings. The normalized spacial score (nSPS) is 9.25. The lowest BCUT2D eigenvalue weighted by atomic mass is 10.1. The topological polar surface area (TPSA) is 41.1 Å². The van der Waals surface area contributed by atoms with Crippen LogP contribution in [0.1, 0.15) is 5.56 Å². The van der Waals surface area contributed by atoms with Crippen LogP contribution in [0.3, 0.4) is 0 Å². The van der Waals surface area contributed by atoms with Crippen LogP contribution in [0.15, 0.2) is 24.3 Å². The van der Waals surface area contributed by atoms with Gasteiger partial charge in [-0.3, -0.25) is 0 Å². The highest BCUT2D eigenvalue weighted by molar-refractivity contribution is 5.74. The predicted octanol–water partition coefficient (Wildman–Crippen LogP) is 1.30. The number of terminal acetylenes is 1. The summed E-state index contributed by atoms with van der Waals surface area (Å²) < 4.78 is 12.6. The molecule has 1 aromatic carbocycles. The zero-order chi connectivity index (χ0) is 11.8. The summed E-state index contributed by atoms with van der Waals surface area (Å²) in [5.74, 6) is 2.04. The molecule has 0 bridgehead atoms. The van der Waals surface area contributed by atoms with E-state index in [4.69, 9.17) is 6.42 Å². The number of carbonyl (C=O) groups is 1. The van der Waals surface area contributed by atoms with Gasteiger partial charge in [-0.1, -0.05) is 18.1 Å². The summed E-state index contributed by atoms with van der Waals surface area (Å²) in [5, 5.41) is 5.12. The van der Waals surface area contributed by atoms with E-state index in [9.17, 15) is 9.18 Å². The van der Waals surface area contributed by atoms with Crippen LogP contribution in [0, 0.1) is 18.2 Å². The van der Waals surface area contributed by atoms with Gasteiger partial charge in [0.1, 0.15) is 5.82 Å². The maximum absolute atomic E-state index is 12.6. The molecule has 0 saturated carbocycles. The van der Waals surface area contributed by atoms with Crippen molar-refractivity contribution in [3.63, 3.8) is 0 Å². The highest BCUT2D eigenvalue weighted by Crippen LogP contribution is 2.02. The number of nitrogens with one attached hydrogen (secondary N) is 2. The molecule has 0 heterocycles. The van der Waals surface area contributed by atoms with Gasteiger partial charge in [-0.2, -0.15) is 0 Å². The number of amides is 2. The molecule has 0 radical (unpaired) electrons. The summed E-state index contributed by atoms with van der Waals surface area (Å²) in [6.45, 7) is 0.699. The van der Waals surface area contributed by atoms with Gasteiger partial charge >= 0.3 is 6.03 Å². The van der Waals surface area contributed by atoms with E-state index in [2.05, 4.69) is 16.6 Å². The van der Waals surface area contributed by atoms with E-state index in [1.165, 1.54) is 12.1 Å². The van der Waals surface area contributed by atoms with Crippen molar-refractivity contribution < 1.29 is 9.18 Å². The Kier molecular flexibility index (Phi) is 4.87. The highest BCUT2D eigenvalue weighted by atomic mass is 19.1. The maximum Gasteiger partial charge on any atom is 0.315 e. The van der Waals surface area contributed by atoms with Crippen LogP contribution in [-0.2, 0) is 6.42 Å².